The van der Waals surface area contributed by atoms with E-state index < -0.39 is 5.91 Å². The number of primary amides is 1. The molecule has 1 aromatic carbocycles. The van der Waals surface area contributed by atoms with Gasteiger partial charge in [0.25, 0.3) is 5.91 Å². The number of hydrogen-bond acceptors (Lipinski definition) is 3. The third-order valence-corrected chi connectivity index (χ3v) is 4.16. The molecular weight excluding hydrogens is 290 g/mol. The number of nitrogen functional groups attached to an aromatic ring is 1. The highest BCUT2D eigenvalue weighted by Crippen LogP contribution is 2.29. The lowest BCUT2D eigenvalue weighted by Crippen LogP contribution is -2.15. The topological polar surface area (TPSA) is 91.3 Å². The van der Waals surface area contributed by atoms with Gasteiger partial charge in [0.05, 0.1) is 23.0 Å². The van der Waals surface area contributed by atoms with Crippen molar-refractivity contribution in [1.82, 2.24) is 14.2 Å². The molecular formula is C17H15N5O. The smallest absolute Gasteiger partial charge is 0.252 e. The molecule has 4 N–H and O–H groups in total. The van der Waals surface area contributed by atoms with E-state index in [-0.39, 0.29) is 5.56 Å². The summed E-state index contributed by atoms with van der Waals surface area (Å²) in [5.74, 6) is -0.578. The van der Waals surface area contributed by atoms with E-state index >= 15 is 0 Å². The Morgan fingerprint density at radius 2 is 1.96 bits per heavy atom. The monoisotopic (exact) mass is 305 g/mol. The van der Waals surface area contributed by atoms with Crippen molar-refractivity contribution in [3.8, 4) is 11.1 Å². The maximum Gasteiger partial charge on any atom is 0.252 e. The molecule has 0 saturated carbocycles. The Labute approximate surface area is 131 Å². The molecule has 0 unspecified atom stereocenters. The van der Waals surface area contributed by atoms with Crippen LogP contribution in [0.1, 0.15) is 10.4 Å². The summed E-state index contributed by atoms with van der Waals surface area (Å²) < 4.78 is 3.74. The zero-order valence-electron chi connectivity index (χ0n) is 12.5. The number of aromatic nitrogens is 3. The average Bonchev–Trinajstić information content (AvgIpc) is 3.12. The summed E-state index contributed by atoms with van der Waals surface area (Å²) in [6, 6.07) is 10.3. The highest BCUT2D eigenvalue weighted by Gasteiger charge is 2.13. The molecule has 6 nitrogen and oxygen atoms in total. The standard InChI is InChI=1S/C17H15N5O/c1-21-5-4-11-6-10(2-3-14(11)21)12-7-15-16(18)13(17(19)23)8-20-22(15)9-12/h2-9H,18H2,1H3,(H2,19,23). The number of rotatable bonds is 2. The fourth-order valence-corrected chi connectivity index (χ4v) is 2.89. The summed E-state index contributed by atoms with van der Waals surface area (Å²) >= 11 is 0. The lowest BCUT2D eigenvalue weighted by atomic mass is 10.1. The fourth-order valence-electron chi connectivity index (χ4n) is 2.89. The number of nitrogens with zero attached hydrogens (tertiary/aromatic N) is 3. The van der Waals surface area contributed by atoms with Gasteiger partial charge in [0.15, 0.2) is 0 Å². The molecule has 0 spiro atoms. The van der Waals surface area contributed by atoms with Crippen LogP contribution in [0.4, 0.5) is 5.69 Å². The molecule has 23 heavy (non-hydrogen) atoms. The van der Waals surface area contributed by atoms with E-state index in [9.17, 15) is 4.79 Å². The first-order chi connectivity index (χ1) is 11.0. The fraction of sp³-hybridized carbons (Fsp3) is 0.0588. The van der Waals surface area contributed by atoms with Gasteiger partial charge in [-0.2, -0.15) is 5.10 Å². The molecule has 0 aliphatic heterocycles. The third kappa shape index (κ3) is 1.96. The zero-order chi connectivity index (χ0) is 16.1. The molecule has 0 radical (unpaired) electrons. The lowest BCUT2D eigenvalue weighted by molar-refractivity contribution is 0.100. The molecule has 1 amide bonds. The van der Waals surface area contributed by atoms with Crippen molar-refractivity contribution in [1.29, 1.82) is 0 Å². The minimum atomic E-state index is -0.578. The van der Waals surface area contributed by atoms with Crippen molar-refractivity contribution in [2.24, 2.45) is 12.8 Å². The van der Waals surface area contributed by atoms with Crippen LogP contribution in [0.2, 0.25) is 0 Å². The Kier molecular flexibility index (Phi) is 2.68. The summed E-state index contributed by atoms with van der Waals surface area (Å²) in [4.78, 5) is 11.4. The number of carbonyl (C=O) groups is 1. The first-order valence-electron chi connectivity index (χ1n) is 7.17. The molecule has 0 bridgehead atoms. The SMILES string of the molecule is Cn1ccc2cc(-c3cc4c(N)c(C(N)=O)cnn4c3)ccc21. The van der Waals surface area contributed by atoms with E-state index in [2.05, 4.69) is 33.9 Å². The van der Waals surface area contributed by atoms with E-state index in [1.807, 2.05) is 25.5 Å². The third-order valence-electron chi connectivity index (χ3n) is 4.16. The van der Waals surface area contributed by atoms with Gasteiger partial charge in [-0.25, -0.2) is 4.52 Å². The molecule has 0 aliphatic rings. The van der Waals surface area contributed by atoms with Crippen LogP contribution < -0.4 is 11.5 Å². The highest BCUT2D eigenvalue weighted by atomic mass is 16.1. The summed E-state index contributed by atoms with van der Waals surface area (Å²) in [6.07, 6.45) is 5.32. The molecule has 4 aromatic rings. The molecule has 0 fully saturated rings. The van der Waals surface area contributed by atoms with Crippen LogP contribution in [0.15, 0.2) is 48.9 Å². The minimum absolute atomic E-state index is 0.237. The summed E-state index contributed by atoms with van der Waals surface area (Å²) in [5, 5.41) is 5.37. The van der Waals surface area contributed by atoms with Crippen molar-refractivity contribution in [2.45, 2.75) is 0 Å². The van der Waals surface area contributed by atoms with Crippen molar-refractivity contribution < 1.29 is 4.79 Å². The van der Waals surface area contributed by atoms with Crippen LogP contribution in [0.3, 0.4) is 0 Å². The van der Waals surface area contributed by atoms with Crippen LogP contribution in [0, 0.1) is 0 Å². The normalized spacial score (nSPS) is 11.3. The molecule has 6 heteroatoms. The number of anilines is 1. The lowest BCUT2D eigenvalue weighted by Gasteiger charge is -2.02. The van der Waals surface area contributed by atoms with Crippen molar-refractivity contribution >= 4 is 28.0 Å². The number of amides is 1. The zero-order valence-corrected chi connectivity index (χ0v) is 12.5. The Bertz CT molecular complexity index is 1070. The van der Waals surface area contributed by atoms with Crippen LogP contribution in [0.5, 0.6) is 0 Å². The summed E-state index contributed by atoms with van der Waals surface area (Å²) in [5.41, 5.74) is 15.8. The van der Waals surface area contributed by atoms with Gasteiger partial charge in [0.1, 0.15) is 0 Å². The number of benzene rings is 1. The van der Waals surface area contributed by atoms with E-state index in [0.29, 0.717) is 11.2 Å². The predicted molar refractivity (Wildman–Crippen MR) is 90.0 cm³/mol. The van der Waals surface area contributed by atoms with Gasteiger partial charge < -0.3 is 16.0 Å². The Morgan fingerprint density at radius 1 is 1.13 bits per heavy atom. The molecule has 0 atom stereocenters. The van der Waals surface area contributed by atoms with Gasteiger partial charge in [-0.15, -0.1) is 0 Å². The van der Waals surface area contributed by atoms with Gasteiger partial charge in [-0.3, -0.25) is 4.79 Å². The Balaban J connectivity index is 1.90. The van der Waals surface area contributed by atoms with E-state index in [0.717, 1.165) is 11.1 Å². The van der Waals surface area contributed by atoms with Crippen LogP contribution in [-0.2, 0) is 7.05 Å². The number of aryl methyl sites for hydroxylation is 1. The molecule has 4 rings (SSSR count). The second-order valence-corrected chi connectivity index (χ2v) is 5.59. The second kappa shape index (κ2) is 4.61. The van der Waals surface area contributed by atoms with Gasteiger partial charge in [0, 0.05) is 35.9 Å². The summed E-state index contributed by atoms with van der Waals surface area (Å²) in [6.45, 7) is 0. The minimum Gasteiger partial charge on any atom is -0.396 e. The van der Waals surface area contributed by atoms with Crippen molar-refractivity contribution in [3.63, 3.8) is 0 Å². The largest absolute Gasteiger partial charge is 0.396 e. The number of fused-ring (bicyclic) bond motifs is 2. The first kappa shape index (κ1) is 13.4. The quantitative estimate of drug-likeness (QED) is 0.594. The maximum atomic E-state index is 11.4. The molecule has 0 saturated heterocycles. The van der Waals surface area contributed by atoms with Crippen molar-refractivity contribution in [2.75, 3.05) is 5.73 Å². The van der Waals surface area contributed by atoms with E-state index in [4.69, 9.17) is 11.5 Å². The predicted octanol–water partition coefficient (Wildman–Crippen LogP) is 2.17. The first-order valence-corrected chi connectivity index (χ1v) is 7.17. The second-order valence-electron chi connectivity index (χ2n) is 5.59. The van der Waals surface area contributed by atoms with Crippen LogP contribution in [-0.4, -0.2) is 20.1 Å². The van der Waals surface area contributed by atoms with Gasteiger partial charge >= 0.3 is 0 Å². The molecule has 3 heterocycles. The van der Waals surface area contributed by atoms with Crippen LogP contribution in [0.25, 0.3) is 27.5 Å². The number of carbonyl (C=O) groups excluding carboxylic acids is 1. The van der Waals surface area contributed by atoms with Gasteiger partial charge in [-0.1, -0.05) is 6.07 Å². The van der Waals surface area contributed by atoms with E-state index in [1.165, 1.54) is 17.1 Å². The summed E-state index contributed by atoms with van der Waals surface area (Å²) in [7, 11) is 2.02. The molecule has 114 valence electrons. The Morgan fingerprint density at radius 3 is 2.74 bits per heavy atom. The Hall–Kier alpha value is -3.28. The highest BCUT2D eigenvalue weighted by molar-refractivity contribution is 6.01. The van der Waals surface area contributed by atoms with E-state index in [1.54, 1.807) is 4.52 Å². The van der Waals surface area contributed by atoms with Crippen molar-refractivity contribution in [3.05, 3.63) is 54.5 Å². The average molecular weight is 305 g/mol. The van der Waals surface area contributed by atoms with Crippen LogP contribution >= 0.6 is 0 Å². The number of nitrogens with two attached hydrogens (primary N) is 2. The molecule has 3 aromatic heterocycles. The number of hydrogen-bond donors (Lipinski definition) is 2. The van der Waals surface area contributed by atoms with Gasteiger partial charge in [-0.05, 0) is 29.8 Å². The maximum absolute atomic E-state index is 11.4. The molecule has 0 aliphatic carbocycles. The van der Waals surface area contributed by atoms with Gasteiger partial charge in [0.2, 0.25) is 0 Å².